The van der Waals surface area contributed by atoms with Crippen molar-refractivity contribution in [3.63, 3.8) is 0 Å². The van der Waals surface area contributed by atoms with Crippen LogP contribution in [0, 0.1) is 5.92 Å². The number of methoxy groups -OCH3 is 1. The topological polar surface area (TPSA) is 74.4 Å². The Bertz CT molecular complexity index is 734. The Balaban J connectivity index is 1.63. The predicted octanol–water partition coefficient (Wildman–Crippen LogP) is 1.66. The molecule has 3 fully saturated rings. The molecule has 160 valence electrons. The van der Waals surface area contributed by atoms with Crippen molar-refractivity contribution >= 4 is 5.91 Å². The SMILES string of the molecule is COc1cc([C@H]2[C@@H]3CCCC[C@]3(O)CC[NH+]2CC(=O)N2CCCCC2)ccc1O. The average Bonchev–Trinajstić information content (AvgIpc) is 2.75. The molecule has 4 atom stereocenters. The number of quaternary nitrogens is 1. The molecule has 0 bridgehead atoms. The Morgan fingerprint density at radius 3 is 2.76 bits per heavy atom. The van der Waals surface area contributed by atoms with Crippen LogP contribution in [0.25, 0.3) is 0 Å². The standard InChI is InChI=1S/C23H34N2O4/c1-29-20-15-17(8-9-19(20)26)22-18-7-3-4-10-23(18,28)11-14-25(22)16-21(27)24-12-5-2-6-13-24/h8-9,15,18,22,26,28H,2-7,10-14,16H2,1H3/p+1/t18-,22-,23-/m0/s1. The lowest BCUT2D eigenvalue weighted by Crippen LogP contribution is -3.16. The van der Waals surface area contributed by atoms with Gasteiger partial charge in [-0.3, -0.25) is 4.79 Å². The van der Waals surface area contributed by atoms with Crippen molar-refractivity contribution in [2.45, 2.75) is 63.0 Å². The zero-order chi connectivity index (χ0) is 20.4. The molecule has 6 heteroatoms. The minimum Gasteiger partial charge on any atom is -0.504 e. The van der Waals surface area contributed by atoms with E-state index < -0.39 is 5.60 Å². The van der Waals surface area contributed by atoms with Crippen molar-refractivity contribution in [3.05, 3.63) is 23.8 Å². The highest BCUT2D eigenvalue weighted by atomic mass is 16.5. The molecule has 29 heavy (non-hydrogen) atoms. The van der Waals surface area contributed by atoms with Crippen LogP contribution in [0.2, 0.25) is 0 Å². The van der Waals surface area contributed by atoms with Gasteiger partial charge >= 0.3 is 0 Å². The van der Waals surface area contributed by atoms with Gasteiger partial charge in [-0.15, -0.1) is 0 Å². The number of nitrogens with one attached hydrogen (secondary N) is 1. The Morgan fingerprint density at radius 1 is 1.21 bits per heavy atom. The van der Waals surface area contributed by atoms with Gasteiger partial charge in [-0.25, -0.2) is 0 Å². The van der Waals surface area contributed by atoms with E-state index in [-0.39, 0.29) is 23.6 Å². The lowest BCUT2D eigenvalue weighted by molar-refractivity contribution is -0.938. The Labute approximate surface area is 173 Å². The number of ether oxygens (including phenoxy) is 1. The number of rotatable bonds is 4. The van der Waals surface area contributed by atoms with Crippen molar-refractivity contribution in [1.29, 1.82) is 0 Å². The molecule has 3 N–H and O–H groups in total. The maximum absolute atomic E-state index is 13.0. The summed E-state index contributed by atoms with van der Waals surface area (Å²) in [6.07, 6.45) is 8.18. The summed E-state index contributed by atoms with van der Waals surface area (Å²) in [4.78, 5) is 16.3. The molecule has 0 aromatic heterocycles. The molecule has 1 amide bonds. The summed E-state index contributed by atoms with van der Waals surface area (Å²) in [5.41, 5.74) is 0.400. The van der Waals surface area contributed by atoms with E-state index in [2.05, 4.69) is 0 Å². The summed E-state index contributed by atoms with van der Waals surface area (Å²) in [6, 6.07) is 5.55. The van der Waals surface area contributed by atoms with Crippen molar-refractivity contribution in [2.75, 3.05) is 33.3 Å². The van der Waals surface area contributed by atoms with Crippen LogP contribution in [0.3, 0.4) is 0 Å². The molecule has 1 aliphatic carbocycles. The number of nitrogens with zero attached hydrogens (tertiary/aromatic N) is 1. The first-order chi connectivity index (χ1) is 14.0. The monoisotopic (exact) mass is 403 g/mol. The van der Waals surface area contributed by atoms with Gasteiger partial charge in [0.15, 0.2) is 18.0 Å². The molecule has 0 spiro atoms. The summed E-state index contributed by atoms with van der Waals surface area (Å²) < 4.78 is 5.35. The smallest absolute Gasteiger partial charge is 0.277 e. The van der Waals surface area contributed by atoms with E-state index in [1.807, 2.05) is 17.0 Å². The van der Waals surface area contributed by atoms with Gasteiger partial charge in [0.25, 0.3) is 5.91 Å². The van der Waals surface area contributed by atoms with Crippen LogP contribution >= 0.6 is 0 Å². The van der Waals surface area contributed by atoms with E-state index >= 15 is 0 Å². The highest BCUT2D eigenvalue weighted by Gasteiger charge is 2.52. The van der Waals surface area contributed by atoms with Crippen LogP contribution in [0.5, 0.6) is 11.5 Å². The Kier molecular flexibility index (Phi) is 6.02. The van der Waals surface area contributed by atoms with Gasteiger partial charge in [-0.05, 0) is 50.3 Å². The second-order valence-electron chi connectivity index (χ2n) is 9.14. The number of fused-ring (bicyclic) bond motifs is 1. The van der Waals surface area contributed by atoms with Crippen LogP contribution in [-0.4, -0.2) is 59.9 Å². The number of aliphatic hydroxyl groups is 1. The maximum Gasteiger partial charge on any atom is 0.277 e. The number of hydrogen-bond acceptors (Lipinski definition) is 4. The van der Waals surface area contributed by atoms with E-state index in [1.165, 1.54) is 11.3 Å². The molecule has 1 saturated carbocycles. The highest BCUT2D eigenvalue weighted by molar-refractivity contribution is 5.77. The summed E-state index contributed by atoms with van der Waals surface area (Å²) in [6.45, 7) is 3.01. The zero-order valence-electron chi connectivity index (χ0n) is 17.5. The number of benzene rings is 1. The fourth-order valence-electron chi connectivity index (χ4n) is 5.86. The summed E-state index contributed by atoms with van der Waals surface area (Å²) >= 11 is 0. The zero-order valence-corrected chi connectivity index (χ0v) is 17.5. The predicted molar refractivity (Wildman–Crippen MR) is 110 cm³/mol. The molecule has 2 heterocycles. The van der Waals surface area contributed by atoms with Crippen molar-refractivity contribution in [3.8, 4) is 11.5 Å². The van der Waals surface area contributed by atoms with E-state index in [0.29, 0.717) is 12.3 Å². The van der Waals surface area contributed by atoms with Gasteiger partial charge in [0.2, 0.25) is 0 Å². The van der Waals surface area contributed by atoms with Gasteiger partial charge in [0.1, 0.15) is 6.04 Å². The first kappa shape index (κ1) is 20.5. The van der Waals surface area contributed by atoms with Crippen molar-refractivity contribution < 1.29 is 24.6 Å². The fraction of sp³-hybridized carbons (Fsp3) is 0.696. The number of carbonyl (C=O) groups is 1. The number of likely N-dealkylation sites (tertiary alicyclic amines) is 2. The maximum atomic E-state index is 13.0. The third-order valence-electron chi connectivity index (χ3n) is 7.44. The summed E-state index contributed by atoms with van der Waals surface area (Å²) in [5.74, 6) is 0.936. The average molecular weight is 404 g/mol. The number of phenolic OH excluding ortho intramolecular Hbond substituents is 1. The largest absolute Gasteiger partial charge is 0.504 e. The van der Waals surface area contributed by atoms with E-state index in [9.17, 15) is 15.0 Å². The number of amides is 1. The molecule has 3 aliphatic rings. The van der Waals surface area contributed by atoms with Gasteiger partial charge < -0.3 is 24.7 Å². The molecule has 2 aliphatic heterocycles. The minimum atomic E-state index is -0.647. The first-order valence-corrected chi connectivity index (χ1v) is 11.2. The highest BCUT2D eigenvalue weighted by Crippen LogP contribution is 2.45. The van der Waals surface area contributed by atoms with Gasteiger partial charge in [0, 0.05) is 31.0 Å². The molecule has 1 aromatic rings. The second-order valence-corrected chi connectivity index (χ2v) is 9.14. The molecule has 4 rings (SSSR count). The first-order valence-electron chi connectivity index (χ1n) is 11.2. The lowest BCUT2D eigenvalue weighted by Gasteiger charge is -2.50. The van der Waals surface area contributed by atoms with Gasteiger partial charge in [0.05, 0.1) is 19.3 Å². The van der Waals surface area contributed by atoms with Crippen molar-refractivity contribution in [2.24, 2.45) is 5.92 Å². The van der Waals surface area contributed by atoms with Crippen LogP contribution in [0.15, 0.2) is 18.2 Å². The Morgan fingerprint density at radius 2 is 2.00 bits per heavy atom. The Hall–Kier alpha value is -1.79. The van der Waals surface area contributed by atoms with Gasteiger partial charge in [-0.1, -0.05) is 12.8 Å². The normalized spacial score (nSPS) is 32.5. The van der Waals surface area contributed by atoms with E-state index in [4.69, 9.17) is 4.74 Å². The number of hydrogen-bond donors (Lipinski definition) is 3. The quantitative estimate of drug-likeness (QED) is 0.715. The van der Waals surface area contributed by atoms with Crippen LogP contribution in [0.4, 0.5) is 0 Å². The molecular formula is C23H35N2O4+. The molecular weight excluding hydrogens is 368 g/mol. The van der Waals surface area contributed by atoms with Crippen LogP contribution in [0.1, 0.15) is 63.0 Å². The molecule has 2 saturated heterocycles. The minimum absolute atomic E-state index is 0.0392. The summed E-state index contributed by atoms with van der Waals surface area (Å²) in [5, 5.41) is 21.5. The van der Waals surface area contributed by atoms with Crippen LogP contribution in [-0.2, 0) is 4.79 Å². The third kappa shape index (κ3) is 4.10. The number of aromatic hydroxyl groups is 1. The van der Waals surface area contributed by atoms with E-state index in [0.717, 1.165) is 70.1 Å². The lowest BCUT2D eigenvalue weighted by atomic mass is 9.66. The molecule has 0 radical (unpaired) electrons. The number of piperidine rings is 2. The summed E-state index contributed by atoms with van der Waals surface area (Å²) in [7, 11) is 1.56. The van der Waals surface area contributed by atoms with Crippen LogP contribution < -0.4 is 9.64 Å². The molecule has 1 unspecified atom stereocenters. The van der Waals surface area contributed by atoms with Gasteiger partial charge in [-0.2, -0.15) is 0 Å². The third-order valence-corrected chi connectivity index (χ3v) is 7.44. The second kappa shape index (κ2) is 8.52. The van der Waals surface area contributed by atoms with Crippen molar-refractivity contribution in [1.82, 2.24) is 4.90 Å². The molecule has 6 nitrogen and oxygen atoms in total. The fourth-order valence-corrected chi connectivity index (χ4v) is 5.86. The molecule has 1 aromatic carbocycles. The van der Waals surface area contributed by atoms with E-state index in [1.54, 1.807) is 13.2 Å². The number of carbonyl (C=O) groups excluding carboxylic acids is 1. The number of phenols is 1.